The highest BCUT2D eigenvalue weighted by molar-refractivity contribution is 7.89. The third-order valence-electron chi connectivity index (χ3n) is 4.62. The Bertz CT molecular complexity index is 959. The van der Waals surface area contributed by atoms with Crippen molar-refractivity contribution in [2.45, 2.75) is 30.7 Å². The van der Waals surface area contributed by atoms with Crippen LogP contribution in [0.4, 0.5) is 5.82 Å². The van der Waals surface area contributed by atoms with Gasteiger partial charge in [0.15, 0.2) is 0 Å². The van der Waals surface area contributed by atoms with Gasteiger partial charge in [0.2, 0.25) is 10.0 Å². The maximum atomic E-state index is 12.6. The lowest BCUT2D eigenvalue weighted by Crippen LogP contribution is -2.36. The minimum atomic E-state index is -3.41. The van der Waals surface area contributed by atoms with Crippen molar-refractivity contribution in [1.82, 2.24) is 14.3 Å². The van der Waals surface area contributed by atoms with E-state index in [0.717, 1.165) is 41.9 Å². The molecular weight excluding hydrogens is 350 g/mol. The number of aromatic nitrogens is 3. The highest BCUT2D eigenvalue weighted by Gasteiger charge is 2.26. The fourth-order valence-corrected chi connectivity index (χ4v) is 4.69. The van der Waals surface area contributed by atoms with Gasteiger partial charge in [-0.05, 0) is 31.0 Å². The summed E-state index contributed by atoms with van der Waals surface area (Å²) in [6.45, 7) is 1.73. The molecule has 7 nitrogen and oxygen atoms in total. The van der Waals surface area contributed by atoms with Crippen molar-refractivity contribution in [3.8, 4) is 0 Å². The molecule has 0 bridgehead atoms. The zero-order chi connectivity index (χ0) is 18.0. The lowest BCUT2D eigenvalue weighted by molar-refractivity contribution is -0.364. The van der Waals surface area contributed by atoms with E-state index in [-0.39, 0.29) is 0 Å². The first-order chi connectivity index (χ1) is 12.6. The standard InChI is InChI=1S/C18H21N5O2S/c24-26(25,23-10-4-1-5-11-23)14-8-9-17(19-12-14)20-13-18-21-15-6-2-3-7-16(15)22-18/h2-3,6-9,12H,1,4-5,10-11,13H2,(H,19,20)(H,21,22)/p+1. The minimum absolute atomic E-state index is 0.300. The Kier molecular flexibility index (Phi) is 4.60. The summed E-state index contributed by atoms with van der Waals surface area (Å²) < 4.78 is 26.9. The molecule has 1 aliphatic heterocycles. The number of aromatic amines is 2. The summed E-state index contributed by atoms with van der Waals surface area (Å²) >= 11 is 0. The molecule has 0 aliphatic carbocycles. The summed E-state index contributed by atoms with van der Waals surface area (Å²) in [6, 6.07) is 11.3. The molecule has 1 fully saturated rings. The van der Waals surface area contributed by atoms with Crippen LogP contribution < -0.4 is 10.3 Å². The Labute approximate surface area is 152 Å². The van der Waals surface area contributed by atoms with Crippen molar-refractivity contribution in [2.24, 2.45) is 0 Å². The molecule has 0 saturated carbocycles. The summed E-state index contributed by atoms with van der Waals surface area (Å²) in [7, 11) is -3.41. The normalized spacial score (nSPS) is 16.0. The summed E-state index contributed by atoms with van der Waals surface area (Å²) in [5.74, 6) is 1.56. The van der Waals surface area contributed by atoms with Gasteiger partial charge in [-0.3, -0.25) is 5.32 Å². The topological polar surface area (TPSA) is 92.2 Å². The molecule has 3 N–H and O–H groups in total. The number of para-hydroxylation sites is 2. The molecule has 1 saturated heterocycles. The van der Waals surface area contributed by atoms with Crippen LogP contribution >= 0.6 is 0 Å². The van der Waals surface area contributed by atoms with Crippen LogP contribution in [0.5, 0.6) is 0 Å². The van der Waals surface area contributed by atoms with Gasteiger partial charge >= 0.3 is 0 Å². The Morgan fingerprint density at radius 3 is 2.65 bits per heavy atom. The molecule has 0 spiro atoms. The first-order valence-corrected chi connectivity index (χ1v) is 10.3. The maximum Gasteiger partial charge on any atom is 0.272 e. The van der Waals surface area contributed by atoms with Crippen molar-refractivity contribution in [2.75, 3.05) is 18.4 Å². The number of nitrogens with one attached hydrogen (secondary N) is 3. The zero-order valence-electron chi connectivity index (χ0n) is 14.4. The Morgan fingerprint density at radius 1 is 1.12 bits per heavy atom. The van der Waals surface area contributed by atoms with Crippen LogP contribution in [0.2, 0.25) is 0 Å². The van der Waals surface area contributed by atoms with Crippen LogP contribution in [-0.2, 0) is 16.6 Å². The Balaban J connectivity index is 1.44. The molecule has 136 valence electrons. The van der Waals surface area contributed by atoms with Crippen LogP contribution in [0.25, 0.3) is 11.0 Å². The lowest BCUT2D eigenvalue weighted by Gasteiger charge is -2.25. The summed E-state index contributed by atoms with van der Waals surface area (Å²) in [4.78, 5) is 11.1. The number of hydrogen-bond acceptors (Lipinski definition) is 4. The van der Waals surface area contributed by atoms with Crippen LogP contribution in [0.15, 0.2) is 47.5 Å². The SMILES string of the molecule is O=S(=O)(c1ccc(NCc2nc3ccccc3[nH]2)[nH+]c1)N1CCCCC1. The van der Waals surface area contributed by atoms with Crippen LogP contribution in [-0.4, -0.2) is 35.8 Å². The number of benzene rings is 1. The van der Waals surface area contributed by atoms with E-state index in [0.29, 0.717) is 24.5 Å². The van der Waals surface area contributed by atoms with Crippen molar-refractivity contribution in [1.29, 1.82) is 0 Å². The number of sulfonamides is 1. The Hall–Kier alpha value is -2.45. The Morgan fingerprint density at radius 2 is 1.92 bits per heavy atom. The predicted octanol–water partition coefficient (Wildman–Crippen LogP) is 2.16. The number of nitrogens with zero attached hydrogens (tertiary/aromatic N) is 2. The van der Waals surface area contributed by atoms with Gasteiger partial charge in [0, 0.05) is 19.2 Å². The number of H-pyrrole nitrogens is 2. The molecule has 0 amide bonds. The van der Waals surface area contributed by atoms with Gasteiger partial charge in [-0.2, -0.15) is 4.31 Å². The van der Waals surface area contributed by atoms with Crippen molar-refractivity contribution in [3.05, 3.63) is 48.4 Å². The van der Waals surface area contributed by atoms with E-state index in [1.54, 1.807) is 22.6 Å². The number of anilines is 1. The average Bonchev–Trinajstić information content (AvgIpc) is 3.10. The van der Waals surface area contributed by atoms with E-state index in [1.165, 1.54) is 0 Å². The first-order valence-electron chi connectivity index (χ1n) is 8.82. The highest BCUT2D eigenvalue weighted by Crippen LogP contribution is 2.20. The molecule has 4 rings (SSSR count). The molecule has 8 heteroatoms. The maximum absolute atomic E-state index is 12.6. The highest BCUT2D eigenvalue weighted by atomic mass is 32.2. The summed E-state index contributed by atoms with van der Waals surface area (Å²) in [5.41, 5.74) is 1.92. The molecular formula is C18H22N5O2S+. The van der Waals surface area contributed by atoms with Crippen LogP contribution in [0.3, 0.4) is 0 Å². The quantitative estimate of drug-likeness (QED) is 0.718. The monoisotopic (exact) mass is 372 g/mol. The summed E-state index contributed by atoms with van der Waals surface area (Å²) in [5, 5.41) is 3.22. The van der Waals surface area contributed by atoms with Gasteiger partial charge < -0.3 is 4.98 Å². The third kappa shape index (κ3) is 3.42. The molecule has 2 aromatic heterocycles. The van der Waals surface area contributed by atoms with Gasteiger partial charge in [0.1, 0.15) is 23.5 Å². The van der Waals surface area contributed by atoms with Gasteiger partial charge in [0.05, 0.1) is 11.0 Å². The number of rotatable bonds is 5. The molecule has 3 aromatic rings. The molecule has 26 heavy (non-hydrogen) atoms. The molecule has 1 aromatic carbocycles. The number of hydrogen-bond donors (Lipinski definition) is 2. The average molecular weight is 372 g/mol. The van der Waals surface area contributed by atoms with E-state index in [9.17, 15) is 8.42 Å². The molecule has 0 atom stereocenters. The van der Waals surface area contributed by atoms with Gasteiger partial charge in [-0.1, -0.05) is 18.6 Å². The van der Waals surface area contributed by atoms with E-state index < -0.39 is 10.0 Å². The van der Waals surface area contributed by atoms with E-state index in [1.807, 2.05) is 24.3 Å². The second kappa shape index (κ2) is 7.05. The fraction of sp³-hybridized carbons (Fsp3) is 0.333. The molecule has 0 unspecified atom stereocenters. The number of piperidine rings is 1. The molecule has 1 aliphatic rings. The van der Waals surface area contributed by atoms with E-state index in [2.05, 4.69) is 20.3 Å². The zero-order valence-corrected chi connectivity index (χ0v) is 15.2. The first kappa shape index (κ1) is 17.0. The molecule has 3 heterocycles. The van der Waals surface area contributed by atoms with E-state index >= 15 is 0 Å². The summed E-state index contributed by atoms with van der Waals surface area (Å²) in [6.07, 6.45) is 4.51. The van der Waals surface area contributed by atoms with Gasteiger partial charge in [-0.15, -0.1) is 0 Å². The lowest BCUT2D eigenvalue weighted by atomic mass is 10.2. The van der Waals surface area contributed by atoms with Crippen molar-refractivity contribution in [3.63, 3.8) is 0 Å². The fourth-order valence-electron chi connectivity index (χ4n) is 3.20. The largest absolute Gasteiger partial charge is 0.339 e. The number of imidazole rings is 1. The molecule has 0 radical (unpaired) electrons. The van der Waals surface area contributed by atoms with E-state index in [4.69, 9.17) is 0 Å². The smallest absolute Gasteiger partial charge is 0.272 e. The second-order valence-electron chi connectivity index (χ2n) is 6.46. The van der Waals surface area contributed by atoms with Gasteiger partial charge in [-0.25, -0.2) is 18.4 Å². The number of fused-ring (bicyclic) bond motifs is 1. The predicted molar refractivity (Wildman–Crippen MR) is 99.0 cm³/mol. The minimum Gasteiger partial charge on any atom is -0.339 e. The van der Waals surface area contributed by atoms with Crippen LogP contribution in [0, 0.1) is 0 Å². The number of pyridine rings is 1. The van der Waals surface area contributed by atoms with Crippen molar-refractivity contribution < 1.29 is 13.4 Å². The second-order valence-corrected chi connectivity index (χ2v) is 8.39. The third-order valence-corrected chi connectivity index (χ3v) is 6.52. The van der Waals surface area contributed by atoms with Crippen LogP contribution in [0.1, 0.15) is 25.1 Å². The van der Waals surface area contributed by atoms with Crippen molar-refractivity contribution >= 4 is 26.9 Å². The van der Waals surface area contributed by atoms with Gasteiger partial charge in [0.25, 0.3) is 5.82 Å².